The fourth-order valence-electron chi connectivity index (χ4n) is 3.20. The molecule has 2 aliphatic carbocycles. The maximum atomic E-state index is 5.83. The first kappa shape index (κ1) is 13.2. The molecule has 1 unspecified atom stereocenters. The molecule has 102 valence electrons. The van der Waals surface area contributed by atoms with Crippen LogP contribution in [0.2, 0.25) is 0 Å². The van der Waals surface area contributed by atoms with E-state index in [9.17, 15) is 0 Å². The summed E-state index contributed by atoms with van der Waals surface area (Å²) in [5.41, 5.74) is 2.97. The summed E-state index contributed by atoms with van der Waals surface area (Å²) in [5, 5.41) is 0. The Bertz CT molecular complexity index is 482. The van der Waals surface area contributed by atoms with E-state index in [2.05, 4.69) is 40.2 Å². The summed E-state index contributed by atoms with van der Waals surface area (Å²) in [6.45, 7) is 0. The van der Waals surface area contributed by atoms with Crippen LogP contribution < -0.4 is 0 Å². The van der Waals surface area contributed by atoms with Crippen molar-refractivity contribution in [1.29, 1.82) is 0 Å². The molecule has 0 heterocycles. The maximum absolute atomic E-state index is 5.83. The molecule has 3 rings (SSSR count). The molecule has 0 saturated heterocycles. The molecule has 1 aromatic carbocycles. The van der Waals surface area contributed by atoms with Crippen LogP contribution in [0.25, 0.3) is 0 Å². The van der Waals surface area contributed by atoms with E-state index in [4.69, 9.17) is 4.74 Å². The molecule has 19 heavy (non-hydrogen) atoms. The molecule has 0 N–H and O–H groups in total. The average Bonchev–Trinajstić information content (AvgIpc) is 2.28. The van der Waals surface area contributed by atoms with E-state index >= 15 is 0 Å². The van der Waals surface area contributed by atoms with Gasteiger partial charge in [0.15, 0.2) is 0 Å². The summed E-state index contributed by atoms with van der Waals surface area (Å²) in [6.07, 6.45) is 7.87. The summed E-state index contributed by atoms with van der Waals surface area (Å²) < 4.78 is 7.00. The Labute approximate surface area is 124 Å². The zero-order valence-electron chi connectivity index (χ0n) is 11.5. The zero-order valence-corrected chi connectivity index (χ0v) is 13.1. The molecule has 0 spiro atoms. The van der Waals surface area contributed by atoms with Gasteiger partial charge in [0.05, 0.1) is 7.11 Å². The number of rotatable bonds is 4. The van der Waals surface area contributed by atoms with Crippen LogP contribution in [0.5, 0.6) is 0 Å². The van der Waals surface area contributed by atoms with Gasteiger partial charge in [0, 0.05) is 10.4 Å². The lowest BCUT2D eigenvalue weighted by Gasteiger charge is -2.37. The number of ether oxygens (including phenoxy) is 1. The van der Waals surface area contributed by atoms with E-state index in [1.165, 1.54) is 54.3 Å². The highest BCUT2D eigenvalue weighted by molar-refractivity contribution is 9.10. The number of hydrogen-bond donors (Lipinski definition) is 0. The number of hydrogen-bond acceptors (Lipinski definition) is 1. The molecular formula is C17H21BrO. The highest BCUT2D eigenvalue weighted by Crippen LogP contribution is 2.47. The molecule has 2 heteroatoms. The first-order valence-electron chi connectivity index (χ1n) is 7.31. The largest absolute Gasteiger partial charge is 0.500 e. The number of allylic oxidation sites excluding steroid dienone is 2. The van der Waals surface area contributed by atoms with Crippen LogP contribution in [0, 0.1) is 5.92 Å². The molecule has 0 radical (unpaired) electrons. The molecule has 0 aliphatic heterocycles. The molecule has 2 saturated carbocycles. The van der Waals surface area contributed by atoms with Crippen molar-refractivity contribution in [2.24, 2.45) is 5.92 Å². The van der Waals surface area contributed by atoms with E-state index in [1.807, 2.05) is 7.11 Å². The Morgan fingerprint density at radius 1 is 1.26 bits per heavy atom. The van der Waals surface area contributed by atoms with Crippen LogP contribution in [-0.4, -0.2) is 7.11 Å². The summed E-state index contributed by atoms with van der Waals surface area (Å²) in [6, 6.07) is 8.77. The van der Waals surface area contributed by atoms with Crippen LogP contribution in [0.1, 0.15) is 50.0 Å². The third-order valence-electron chi connectivity index (χ3n) is 4.64. The fourth-order valence-corrected chi connectivity index (χ4v) is 3.62. The fraction of sp³-hybridized carbons (Fsp3) is 0.529. The number of benzene rings is 1. The van der Waals surface area contributed by atoms with Crippen molar-refractivity contribution in [3.63, 3.8) is 0 Å². The maximum Gasteiger partial charge on any atom is 0.102 e. The first-order chi connectivity index (χ1) is 9.29. The lowest BCUT2D eigenvalue weighted by molar-refractivity contribution is 0.187. The van der Waals surface area contributed by atoms with E-state index < -0.39 is 0 Å². The third kappa shape index (κ3) is 2.60. The van der Waals surface area contributed by atoms with E-state index in [0.29, 0.717) is 5.92 Å². The molecule has 1 atom stereocenters. The first-order valence-corrected chi connectivity index (χ1v) is 8.10. The normalized spacial score (nSPS) is 20.4. The SMILES string of the molecule is COC(=C1CCC1)C(c1cccc(Br)c1)C1CCC1. The molecule has 0 aromatic heterocycles. The number of methoxy groups -OCH3 is 1. The Balaban J connectivity index is 1.97. The van der Waals surface area contributed by atoms with Crippen molar-refractivity contribution in [3.05, 3.63) is 45.6 Å². The molecule has 0 amide bonds. The Kier molecular flexibility index (Phi) is 3.97. The van der Waals surface area contributed by atoms with Crippen molar-refractivity contribution in [3.8, 4) is 0 Å². The second-order valence-electron chi connectivity index (χ2n) is 5.75. The second kappa shape index (κ2) is 5.70. The molecule has 1 nitrogen and oxygen atoms in total. The van der Waals surface area contributed by atoms with E-state index in [1.54, 1.807) is 5.57 Å². The standard InChI is InChI=1S/C17H21BrO/c1-19-17(13-7-3-8-13)16(12-5-2-6-12)14-9-4-10-15(18)11-14/h4,9-12,16H,2-3,5-8H2,1H3. The molecular weight excluding hydrogens is 300 g/mol. The van der Waals surface area contributed by atoms with Gasteiger partial charge in [-0.05, 0) is 61.3 Å². The quantitative estimate of drug-likeness (QED) is 0.673. The Morgan fingerprint density at radius 2 is 2.05 bits per heavy atom. The zero-order chi connectivity index (χ0) is 13.2. The monoisotopic (exact) mass is 320 g/mol. The van der Waals surface area contributed by atoms with Crippen LogP contribution in [0.3, 0.4) is 0 Å². The minimum Gasteiger partial charge on any atom is -0.500 e. The minimum atomic E-state index is 0.478. The van der Waals surface area contributed by atoms with Gasteiger partial charge in [-0.2, -0.15) is 0 Å². The Morgan fingerprint density at radius 3 is 2.53 bits per heavy atom. The van der Waals surface area contributed by atoms with Crippen LogP contribution >= 0.6 is 15.9 Å². The van der Waals surface area contributed by atoms with E-state index in [0.717, 1.165) is 5.92 Å². The third-order valence-corrected chi connectivity index (χ3v) is 5.13. The van der Waals surface area contributed by atoms with Crippen molar-refractivity contribution in [1.82, 2.24) is 0 Å². The lowest BCUT2D eigenvalue weighted by Crippen LogP contribution is -2.24. The van der Waals surface area contributed by atoms with Gasteiger partial charge in [-0.1, -0.05) is 34.5 Å². The highest BCUT2D eigenvalue weighted by atomic mass is 79.9. The van der Waals surface area contributed by atoms with Crippen molar-refractivity contribution >= 4 is 15.9 Å². The Hall–Kier alpha value is -0.760. The van der Waals surface area contributed by atoms with Gasteiger partial charge in [-0.3, -0.25) is 0 Å². The van der Waals surface area contributed by atoms with Gasteiger partial charge in [0.25, 0.3) is 0 Å². The van der Waals surface area contributed by atoms with Crippen molar-refractivity contribution < 1.29 is 4.74 Å². The van der Waals surface area contributed by atoms with Gasteiger partial charge >= 0.3 is 0 Å². The van der Waals surface area contributed by atoms with Gasteiger partial charge in [-0.15, -0.1) is 0 Å². The summed E-state index contributed by atoms with van der Waals surface area (Å²) in [5.74, 6) is 2.53. The van der Waals surface area contributed by atoms with Gasteiger partial charge in [0.1, 0.15) is 5.76 Å². The van der Waals surface area contributed by atoms with Gasteiger partial charge < -0.3 is 4.74 Å². The van der Waals surface area contributed by atoms with Gasteiger partial charge in [-0.25, -0.2) is 0 Å². The van der Waals surface area contributed by atoms with Crippen molar-refractivity contribution in [2.45, 2.75) is 44.4 Å². The number of halogens is 1. The molecule has 0 bridgehead atoms. The second-order valence-corrected chi connectivity index (χ2v) is 6.66. The summed E-state index contributed by atoms with van der Waals surface area (Å²) >= 11 is 3.60. The van der Waals surface area contributed by atoms with Gasteiger partial charge in [0.2, 0.25) is 0 Å². The minimum absolute atomic E-state index is 0.478. The summed E-state index contributed by atoms with van der Waals surface area (Å²) in [7, 11) is 1.85. The molecule has 2 fully saturated rings. The predicted octanol–water partition coefficient (Wildman–Crippen LogP) is 5.42. The highest BCUT2D eigenvalue weighted by Gasteiger charge is 2.34. The summed E-state index contributed by atoms with van der Waals surface area (Å²) in [4.78, 5) is 0. The van der Waals surface area contributed by atoms with Crippen LogP contribution in [0.4, 0.5) is 0 Å². The van der Waals surface area contributed by atoms with Crippen molar-refractivity contribution in [2.75, 3.05) is 7.11 Å². The molecule has 2 aliphatic rings. The average molecular weight is 321 g/mol. The molecule has 1 aromatic rings. The lowest BCUT2D eigenvalue weighted by atomic mass is 9.70. The van der Waals surface area contributed by atoms with Crippen LogP contribution in [-0.2, 0) is 4.74 Å². The van der Waals surface area contributed by atoms with Crippen LogP contribution in [0.15, 0.2) is 40.1 Å². The topological polar surface area (TPSA) is 9.23 Å². The smallest absolute Gasteiger partial charge is 0.102 e. The van der Waals surface area contributed by atoms with E-state index in [-0.39, 0.29) is 0 Å². The predicted molar refractivity (Wildman–Crippen MR) is 82.1 cm³/mol.